The van der Waals surface area contributed by atoms with E-state index in [9.17, 15) is 4.79 Å². The molecular formula is C16H18N4O2. The number of carboxylic acids is 1. The number of benzene rings is 1. The average Bonchev–Trinajstić information content (AvgIpc) is 3.00. The molecule has 0 aliphatic carbocycles. The molecule has 0 amide bonds. The molecular weight excluding hydrogens is 280 g/mol. The summed E-state index contributed by atoms with van der Waals surface area (Å²) in [6.45, 7) is 4.23. The highest BCUT2D eigenvalue weighted by molar-refractivity contribution is 5.88. The van der Waals surface area contributed by atoms with E-state index in [-0.39, 0.29) is 5.69 Å². The number of aromatic carboxylic acids is 1. The van der Waals surface area contributed by atoms with Crippen LogP contribution in [0.2, 0.25) is 0 Å². The van der Waals surface area contributed by atoms with Crippen molar-refractivity contribution >= 4 is 17.0 Å². The third kappa shape index (κ3) is 2.16. The Morgan fingerprint density at radius 2 is 1.95 bits per heavy atom. The molecule has 0 atom stereocenters. The van der Waals surface area contributed by atoms with Gasteiger partial charge in [0.25, 0.3) is 0 Å². The Bertz CT molecular complexity index is 874. The van der Waals surface area contributed by atoms with Crippen LogP contribution in [0.1, 0.15) is 36.1 Å². The summed E-state index contributed by atoms with van der Waals surface area (Å²) >= 11 is 0. The number of aryl methyl sites for hydroxylation is 2. The van der Waals surface area contributed by atoms with Gasteiger partial charge in [0.15, 0.2) is 5.69 Å². The fourth-order valence-electron chi connectivity index (χ4n) is 2.74. The molecule has 0 spiro atoms. The minimum Gasteiger partial charge on any atom is -0.476 e. The molecule has 0 aliphatic heterocycles. The van der Waals surface area contributed by atoms with E-state index < -0.39 is 5.97 Å². The summed E-state index contributed by atoms with van der Waals surface area (Å²) in [6, 6.07) is 7.54. The first-order valence-corrected chi connectivity index (χ1v) is 7.12. The predicted molar refractivity (Wildman–Crippen MR) is 84.0 cm³/mol. The van der Waals surface area contributed by atoms with Gasteiger partial charge in [-0.25, -0.2) is 9.78 Å². The highest BCUT2D eigenvalue weighted by atomic mass is 16.4. The molecule has 6 nitrogen and oxygen atoms in total. The van der Waals surface area contributed by atoms with Gasteiger partial charge in [0, 0.05) is 25.6 Å². The first-order chi connectivity index (χ1) is 10.4. The normalized spacial score (nSPS) is 11.5. The number of hydrogen-bond acceptors (Lipinski definition) is 3. The number of carbonyl (C=O) groups is 1. The van der Waals surface area contributed by atoms with E-state index in [2.05, 4.69) is 28.5 Å². The van der Waals surface area contributed by atoms with Crippen LogP contribution in [-0.4, -0.2) is 30.4 Å². The first kappa shape index (κ1) is 14.3. The number of hydrogen-bond donors (Lipinski definition) is 1. The quantitative estimate of drug-likeness (QED) is 0.807. The molecule has 0 saturated heterocycles. The first-order valence-electron chi connectivity index (χ1n) is 7.12. The van der Waals surface area contributed by atoms with Crippen molar-refractivity contribution in [1.82, 2.24) is 19.3 Å². The molecule has 0 radical (unpaired) electrons. The number of nitrogens with zero attached hydrogens (tertiary/aromatic N) is 4. The molecule has 2 heterocycles. The third-order valence-corrected chi connectivity index (χ3v) is 3.83. The minimum atomic E-state index is -1.03. The molecule has 3 rings (SSSR count). The molecule has 2 aromatic heterocycles. The van der Waals surface area contributed by atoms with Crippen LogP contribution >= 0.6 is 0 Å². The summed E-state index contributed by atoms with van der Waals surface area (Å²) in [6.07, 6.45) is 0. The van der Waals surface area contributed by atoms with E-state index in [1.54, 1.807) is 17.8 Å². The summed E-state index contributed by atoms with van der Waals surface area (Å²) < 4.78 is 3.67. The highest BCUT2D eigenvalue weighted by Gasteiger charge is 2.15. The number of aromatic nitrogens is 4. The van der Waals surface area contributed by atoms with E-state index in [1.165, 1.54) is 0 Å². The van der Waals surface area contributed by atoms with Crippen molar-refractivity contribution in [3.63, 3.8) is 0 Å². The van der Waals surface area contributed by atoms with Gasteiger partial charge in [-0.15, -0.1) is 0 Å². The zero-order chi connectivity index (χ0) is 16.0. The van der Waals surface area contributed by atoms with E-state index >= 15 is 0 Å². The lowest BCUT2D eigenvalue weighted by atomic mass is 10.1. The lowest BCUT2D eigenvalue weighted by Gasteiger charge is -2.04. The largest absolute Gasteiger partial charge is 0.476 e. The molecule has 0 bridgehead atoms. The summed E-state index contributed by atoms with van der Waals surface area (Å²) in [7, 11) is 3.75. The van der Waals surface area contributed by atoms with Crippen molar-refractivity contribution in [1.29, 1.82) is 0 Å². The second kappa shape index (κ2) is 4.98. The molecule has 0 aliphatic rings. The maximum Gasteiger partial charge on any atom is 0.356 e. The number of carboxylic acid groups (broad SMARTS) is 1. The smallest absolute Gasteiger partial charge is 0.356 e. The summed E-state index contributed by atoms with van der Waals surface area (Å²) in [4.78, 5) is 15.7. The second-order valence-corrected chi connectivity index (χ2v) is 5.73. The number of rotatable bonds is 3. The van der Waals surface area contributed by atoms with Crippen LogP contribution in [0.4, 0.5) is 0 Å². The monoisotopic (exact) mass is 298 g/mol. The van der Waals surface area contributed by atoms with Gasteiger partial charge in [0.05, 0.1) is 16.7 Å². The Morgan fingerprint density at radius 1 is 1.23 bits per heavy atom. The molecule has 114 valence electrons. The van der Waals surface area contributed by atoms with E-state index in [0.717, 1.165) is 28.1 Å². The van der Waals surface area contributed by atoms with Crippen LogP contribution in [0.5, 0.6) is 0 Å². The zero-order valence-corrected chi connectivity index (χ0v) is 13.0. The van der Waals surface area contributed by atoms with Gasteiger partial charge in [0.2, 0.25) is 0 Å². The van der Waals surface area contributed by atoms with Crippen molar-refractivity contribution in [3.05, 3.63) is 35.8 Å². The van der Waals surface area contributed by atoms with Gasteiger partial charge >= 0.3 is 5.97 Å². The van der Waals surface area contributed by atoms with Crippen molar-refractivity contribution < 1.29 is 9.90 Å². The summed E-state index contributed by atoms with van der Waals surface area (Å²) in [5, 5.41) is 13.1. The van der Waals surface area contributed by atoms with Gasteiger partial charge in [-0.05, 0) is 18.2 Å². The molecule has 0 unspecified atom stereocenters. The van der Waals surface area contributed by atoms with Gasteiger partial charge < -0.3 is 9.67 Å². The van der Waals surface area contributed by atoms with Crippen LogP contribution in [0, 0.1) is 0 Å². The van der Waals surface area contributed by atoms with Gasteiger partial charge in [0.1, 0.15) is 5.82 Å². The fraction of sp³-hybridized carbons (Fsp3) is 0.312. The Kier molecular flexibility index (Phi) is 3.24. The van der Waals surface area contributed by atoms with Gasteiger partial charge in [-0.1, -0.05) is 19.9 Å². The van der Waals surface area contributed by atoms with Crippen molar-refractivity contribution in [2.75, 3.05) is 0 Å². The van der Waals surface area contributed by atoms with Gasteiger partial charge in [-0.3, -0.25) is 4.68 Å². The topological polar surface area (TPSA) is 72.9 Å². The van der Waals surface area contributed by atoms with E-state index in [1.807, 2.05) is 25.2 Å². The molecule has 0 fully saturated rings. The van der Waals surface area contributed by atoms with Crippen LogP contribution in [0.25, 0.3) is 22.3 Å². The lowest BCUT2D eigenvalue weighted by Crippen LogP contribution is -1.99. The molecule has 6 heteroatoms. The minimum absolute atomic E-state index is 0.0430. The number of fused-ring (bicyclic) bond motifs is 1. The predicted octanol–water partition coefficient (Wildman–Crippen LogP) is 2.80. The lowest BCUT2D eigenvalue weighted by molar-refractivity contribution is 0.0689. The SMILES string of the molecule is CC(C)c1nc2cc(-c3cc(C(=O)O)nn3C)ccc2n1C. The molecule has 1 N–H and O–H groups in total. The Hall–Kier alpha value is -2.63. The Morgan fingerprint density at radius 3 is 2.55 bits per heavy atom. The zero-order valence-electron chi connectivity index (χ0n) is 13.0. The van der Waals surface area contributed by atoms with Crippen LogP contribution in [0.3, 0.4) is 0 Å². The Balaban J connectivity index is 2.15. The van der Waals surface area contributed by atoms with Gasteiger partial charge in [-0.2, -0.15) is 5.10 Å². The molecule has 1 aromatic carbocycles. The standard InChI is InChI=1S/C16H18N4O2/c1-9(2)15-17-11-7-10(5-6-13(11)19(15)3)14-8-12(16(21)22)18-20(14)4/h5-9H,1-4H3,(H,21,22). The fourth-order valence-corrected chi connectivity index (χ4v) is 2.74. The average molecular weight is 298 g/mol. The van der Waals surface area contributed by atoms with E-state index in [0.29, 0.717) is 5.92 Å². The van der Waals surface area contributed by atoms with Crippen LogP contribution < -0.4 is 0 Å². The van der Waals surface area contributed by atoms with Crippen molar-refractivity contribution in [2.24, 2.45) is 14.1 Å². The van der Waals surface area contributed by atoms with Crippen LogP contribution in [0.15, 0.2) is 24.3 Å². The Labute approximate surface area is 128 Å². The highest BCUT2D eigenvalue weighted by Crippen LogP contribution is 2.26. The molecule has 22 heavy (non-hydrogen) atoms. The second-order valence-electron chi connectivity index (χ2n) is 5.73. The van der Waals surface area contributed by atoms with Crippen LogP contribution in [-0.2, 0) is 14.1 Å². The maximum atomic E-state index is 11.0. The van der Waals surface area contributed by atoms with Crippen molar-refractivity contribution in [2.45, 2.75) is 19.8 Å². The summed E-state index contributed by atoms with van der Waals surface area (Å²) in [5.41, 5.74) is 3.68. The van der Waals surface area contributed by atoms with Crippen molar-refractivity contribution in [3.8, 4) is 11.3 Å². The molecule has 0 saturated carbocycles. The third-order valence-electron chi connectivity index (χ3n) is 3.83. The summed E-state index contributed by atoms with van der Waals surface area (Å²) in [5.74, 6) is 0.349. The van der Waals surface area contributed by atoms with E-state index in [4.69, 9.17) is 5.11 Å². The molecule has 3 aromatic rings. The maximum absolute atomic E-state index is 11.0. The number of imidazole rings is 1.